The van der Waals surface area contributed by atoms with Crippen LogP contribution < -0.4 is 0 Å². The summed E-state index contributed by atoms with van der Waals surface area (Å²) in [6, 6.07) is 0. The first-order valence-corrected chi connectivity index (χ1v) is 12.5. The second-order valence-corrected chi connectivity index (χ2v) is 15.7. The topological polar surface area (TPSA) is 46.5 Å². The van der Waals surface area contributed by atoms with Gasteiger partial charge in [0.25, 0.3) is 0 Å². The Balaban J connectivity index is 2.00. The third-order valence-corrected chi connectivity index (χ3v) is 13.2. The fraction of sp³-hybridized carbons (Fsp3) is 0.950. The number of aliphatic hydroxyl groups is 1. The molecule has 24 heavy (non-hydrogen) atoms. The number of hydrogen-bond acceptors (Lipinski definition) is 3. The van der Waals surface area contributed by atoms with Crippen LogP contribution in [0.4, 0.5) is 0 Å². The standard InChI is InChI=1S/C20H36O3Si/c1-17(2,3)24(7,8)23-16-9-10-19(6)13-11-15(22)20(19,12-14(13)21)18(16,4)5/h13-14,16,21H,9-12H2,1-8H3/t13-,14+,16-,19+,20+/m0/s1. The third-order valence-electron chi connectivity index (χ3n) is 8.73. The molecule has 0 spiro atoms. The van der Waals surface area contributed by atoms with Gasteiger partial charge in [-0.15, -0.1) is 0 Å². The van der Waals surface area contributed by atoms with Gasteiger partial charge in [-0.3, -0.25) is 4.79 Å². The van der Waals surface area contributed by atoms with Gasteiger partial charge in [-0.25, -0.2) is 0 Å². The van der Waals surface area contributed by atoms with E-state index in [-0.39, 0.29) is 34.0 Å². The molecule has 3 aliphatic rings. The number of hydrogen-bond donors (Lipinski definition) is 1. The maximum absolute atomic E-state index is 13.1. The van der Waals surface area contributed by atoms with Crippen LogP contribution in [0.2, 0.25) is 18.1 Å². The molecule has 0 heterocycles. The summed E-state index contributed by atoms with van der Waals surface area (Å²) in [6.07, 6.45) is 3.00. The quantitative estimate of drug-likeness (QED) is 0.742. The Labute approximate surface area is 148 Å². The molecule has 0 amide bonds. The van der Waals surface area contributed by atoms with Crippen LogP contribution in [0.15, 0.2) is 0 Å². The van der Waals surface area contributed by atoms with E-state index >= 15 is 0 Å². The molecule has 3 fully saturated rings. The van der Waals surface area contributed by atoms with Crippen molar-refractivity contribution in [3.05, 3.63) is 0 Å². The van der Waals surface area contributed by atoms with Crippen molar-refractivity contribution >= 4 is 14.1 Å². The normalized spacial score (nSPS) is 44.7. The molecule has 138 valence electrons. The first kappa shape index (κ1) is 18.6. The van der Waals surface area contributed by atoms with E-state index < -0.39 is 13.7 Å². The average molecular weight is 353 g/mol. The van der Waals surface area contributed by atoms with Crippen molar-refractivity contribution in [3.63, 3.8) is 0 Å². The summed E-state index contributed by atoms with van der Waals surface area (Å²) in [5.74, 6) is 0.534. The average Bonchev–Trinajstić information content (AvgIpc) is 2.77. The predicted octanol–water partition coefficient (Wildman–Crippen LogP) is 4.54. The zero-order chi connectivity index (χ0) is 18.3. The fourth-order valence-corrected chi connectivity index (χ4v) is 7.64. The molecule has 0 aliphatic heterocycles. The lowest BCUT2D eigenvalue weighted by Crippen LogP contribution is -2.61. The van der Waals surface area contributed by atoms with Gasteiger partial charge in [-0.1, -0.05) is 41.5 Å². The molecular formula is C20H36O3Si. The SMILES string of the molecule is CC1(C)[C@@H](O[Si](C)(C)C(C)(C)C)CC[C@]2(C)[C@H]3CC(=O)[C@]12C[C@H]3O. The van der Waals surface area contributed by atoms with Crippen LogP contribution in [-0.2, 0) is 9.22 Å². The lowest BCUT2D eigenvalue weighted by atomic mass is 9.47. The van der Waals surface area contributed by atoms with E-state index in [4.69, 9.17) is 4.43 Å². The molecular weight excluding hydrogens is 316 g/mol. The van der Waals surface area contributed by atoms with Crippen molar-refractivity contribution in [1.82, 2.24) is 0 Å². The van der Waals surface area contributed by atoms with E-state index in [2.05, 4.69) is 54.6 Å². The zero-order valence-electron chi connectivity index (χ0n) is 16.8. The van der Waals surface area contributed by atoms with Crippen molar-refractivity contribution in [3.8, 4) is 0 Å². The van der Waals surface area contributed by atoms with Gasteiger partial charge in [-0.05, 0) is 48.7 Å². The monoisotopic (exact) mass is 352 g/mol. The molecule has 3 saturated carbocycles. The van der Waals surface area contributed by atoms with E-state index in [9.17, 15) is 9.90 Å². The Morgan fingerprint density at radius 2 is 1.79 bits per heavy atom. The number of ketones is 1. The molecule has 4 heteroatoms. The van der Waals surface area contributed by atoms with Crippen LogP contribution in [-0.4, -0.2) is 31.4 Å². The summed E-state index contributed by atoms with van der Waals surface area (Å²) >= 11 is 0. The van der Waals surface area contributed by atoms with Gasteiger partial charge >= 0.3 is 0 Å². The van der Waals surface area contributed by atoms with Gasteiger partial charge in [0, 0.05) is 17.3 Å². The van der Waals surface area contributed by atoms with E-state index in [1.807, 2.05) is 0 Å². The molecule has 1 N–H and O–H groups in total. The molecule has 3 nitrogen and oxygen atoms in total. The third kappa shape index (κ3) is 1.99. The maximum Gasteiger partial charge on any atom is 0.192 e. The smallest absolute Gasteiger partial charge is 0.192 e. The highest BCUT2D eigenvalue weighted by Gasteiger charge is 2.77. The minimum Gasteiger partial charge on any atom is -0.413 e. The molecule has 3 aliphatic carbocycles. The molecule has 2 bridgehead atoms. The molecule has 0 aromatic rings. The summed E-state index contributed by atoms with van der Waals surface area (Å²) in [6.45, 7) is 18.2. The van der Waals surface area contributed by atoms with Crippen LogP contribution >= 0.6 is 0 Å². The fourth-order valence-electron chi connectivity index (χ4n) is 6.16. The van der Waals surface area contributed by atoms with Crippen LogP contribution in [0.5, 0.6) is 0 Å². The molecule has 0 aromatic heterocycles. The van der Waals surface area contributed by atoms with Gasteiger partial charge < -0.3 is 9.53 Å². The molecule has 0 saturated heterocycles. The Morgan fingerprint density at radius 3 is 2.33 bits per heavy atom. The summed E-state index contributed by atoms with van der Waals surface area (Å²) in [5, 5.41) is 10.8. The summed E-state index contributed by atoms with van der Waals surface area (Å²) in [5.41, 5.74) is -0.686. The first-order chi connectivity index (χ1) is 10.7. The number of aliphatic hydroxyl groups excluding tert-OH is 1. The van der Waals surface area contributed by atoms with Gasteiger partial charge in [-0.2, -0.15) is 0 Å². The number of carbonyl (C=O) groups is 1. The molecule has 0 aromatic carbocycles. The van der Waals surface area contributed by atoms with Crippen LogP contribution in [0.25, 0.3) is 0 Å². The highest BCUT2D eigenvalue weighted by atomic mass is 28.4. The lowest BCUT2D eigenvalue weighted by molar-refractivity contribution is -0.163. The van der Waals surface area contributed by atoms with Gasteiger partial charge in [0.1, 0.15) is 5.78 Å². The highest BCUT2D eigenvalue weighted by Crippen LogP contribution is 2.75. The maximum atomic E-state index is 13.1. The van der Waals surface area contributed by atoms with Crippen molar-refractivity contribution < 1.29 is 14.3 Å². The van der Waals surface area contributed by atoms with E-state index in [0.717, 1.165) is 12.8 Å². The Kier molecular flexibility index (Phi) is 3.84. The number of rotatable bonds is 2. The van der Waals surface area contributed by atoms with Crippen molar-refractivity contribution in [2.75, 3.05) is 0 Å². The Bertz CT molecular complexity index is 562. The molecule has 0 unspecified atom stereocenters. The summed E-state index contributed by atoms with van der Waals surface area (Å²) < 4.78 is 6.85. The van der Waals surface area contributed by atoms with E-state index in [0.29, 0.717) is 18.6 Å². The minimum absolute atomic E-state index is 0.0553. The van der Waals surface area contributed by atoms with Crippen LogP contribution in [0.3, 0.4) is 0 Å². The van der Waals surface area contributed by atoms with Gasteiger partial charge in [0.05, 0.1) is 12.2 Å². The lowest BCUT2D eigenvalue weighted by Gasteiger charge is -2.59. The van der Waals surface area contributed by atoms with Crippen molar-refractivity contribution in [1.29, 1.82) is 0 Å². The van der Waals surface area contributed by atoms with E-state index in [1.165, 1.54) is 0 Å². The largest absolute Gasteiger partial charge is 0.413 e. The van der Waals surface area contributed by atoms with Crippen LogP contribution in [0, 0.1) is 22.2 Å². The minimum atomic E-state index is -1.89. The second-order valence-electron chi connectivity index (χ2n) is 11.0. The van der Waals surface area contributed by atoms with Gasteiger partial charge in [0.15, 0.2) is 8.32 Å². The summed E-state index contributed by atoms with van der Waals surface area (Å²) in [4.78, 5) is 13.1. The Morgan fingerprint density at radius 1 is 1.21 bits per heavy atom. The second kappa shape index (κ2) is 4.95. The molecule has 0 radical (unpaired) electrons. The predicted molar refractivity (Wildman–Crippen MR) is 99.4 cm³/mol. The first-order valence-electron chi connectivity index (χ1n) is 9.60. The highest BCUT2D eigenvalue weighted by molar-refractivity contribution is 6.74. The summed E-state index contributed by atoms with van der Waals surface area (Å²) in [7, 11) is -1.89. The number of carbonyl (C=O) groups excluding carboxylic acids is 1. The van der Waals surface area contributed by atoms with Crippen LogP contribution in [0.1, 0.15) is 67.2 Å². The van der Waals surface area contributed by atoms with E-state index in [1.54, 1.807) is 0 Å². The van der Waals surface area contributed by atoms with Gasteiger partial charge in [0.2, 0.25) is 0 Å². The molecule has 3 rings (SSSR count). The zero-order valence-corrected chi connectivity index (χ0v) is 17.8. The molecule has 5 atom stereocenters. The van der Waals surface area contributed by atoms with Crippen molar-refractivity contribution in [2.45, 2.75) is 97.6 Å². The Hall–Kier alpha value is -0.193. The van der Waals surface area contributed by atoms with Crippen molar-refractivity contribution in [2.24, 2.45) is 22.2 Å². The number of Topliss-reactive ketones (excluding diaryl/α,β-unsaturated/α-hetero) is 1.